The number of amides is 1. The number of aromatic nitrogens is 2. The molecule has 9 nitrogen and oxygen atoms in total. The van der Waals surface area contributed by atoms with Gasteiger partial charge in [0, 0.05) is 38.3 Å². The van der Waals surface area contributed by atoms with E-state index in [1.165, 1.54) is 35.7 Å². The van der Waals surface area contributed by atoms with Crippen molar-refractivity contribution in [3.8, 4) is 17.0 Å². The normalized spacial score (nSPS) is 14.4. The first-order chi connectivity index (χ1) is 18.8. The second kappa shape index (κ2) is 13.0. The fraction of sp³-hybridized carbons (Fsp3) is 0.393. The summed E-state index contributed by atoms with van der Waals surface area (Å²) in [6, 6.07) is 16.0. The molecule has 0 spiro atoms. The molecule has 2 heterocycles. The van der Waals surface area contributed by atoms with E-state index in [0.29, 0.717) is 56.3 Å². The van der Waals surface area contributed by atoms with Crippen molar-refractivity contribution < 1.29 is 22.3 Å². The molecule has 39 heavy (non-hydrogen) atoms. The van der Waals surface area contributed by atoms with Gasteiger partial charge in [-0.1, -0.05) is 13.3 Å². The monoisotopic (exact) mass is 555 g/mol. The van der Waals surface area contributed by atoms with Gasteiger partial charge in [0.25, 0.3) is 0 Å². The van der Waals surface area contributed by atoms with Crippen LogP contribution in [-0.4, -0.2) is 80.1 Å². The lowest BCUT2D eigenvalue weighted by Crippen LogP contribution is -2.44. The van der Waals surface area contributed by atoms with Gasteiger partial charge >= 0.3 is 0 Å². The zero-order valence-corrected chi connectivity index (χ0v) is 23.1. The Morgan fingerprint density at radius 1 is 0.974 bits per heavy atom. The Kier molecular flexibility index (Phi) is 9.47. The van der Waals surface area contributed by atoms with Gasteiger partial charge in [-0.2, -0.15) is 4.31 Å². The second-order valence-electron chi connectivity index (χ2n) is 9.37. The van der Waals surface area contributed by atoms with E-state index in [1.807, 2.05) is 19.1 Å². The Hall–Kier alpha value is -3.57. The smallest absolute Gasteiger partial charge is 0.243 e. The number of benzene rings is 2. The average Bonchev–Trinajstić information content (AvgIpc) is 3.22. The molecule has 0 atom stereocenters. The number of sulfonamides is 1. The number of hydrogen-bond donors (Lipinski definition) is 0. The van der Waals surface area contributed by atoms with Crippen LogP contribution in [0.15, 0.2) is 65.6 Å². The standard InChI is InChI=1S/C28H34FN5O4S/c1-3-4-18-34(39(36,37)25-12-10-24(38-2)11-13-25)21-28(35)33-17-5-16-32(19-20-33)27-15-14-26(30-31-27)22-6-8-23(29)9-7-22/h6-15H,3-5,16-21H2,1-2H3. The first-order valence-electron chi connectivity index (χ1n) is 13.1. The molecule has 1 aliphatic heterocycles. The molecule has 208 valence electrons. The summed E-state index contributed by atoms with van der Waals surface area (Å²) in [5, 5.41) is 8.65. The lowest BCUT2D eigenvalue weighted by Gasteiger charge is -2.26. The summed E-state index contributed by atoms with van der Waals surface area (Å²) in [5.74, 6) is 0.734. The largest absolute Gasteiger partial charge is 0.497 e. The molecule has 2 aromatic carbocycles. The number of hydrogen-bond acceptors (Lipinski definition) is 7. The van der Waals surface area contributed by atoms with E-state index < -0.39 is 10.0 Å². The predicted octanol–water partition coefficient (Wildman–Crippen LogP) is 3.82. The van der Waals surface area contributed by atoms with Crippen molar-refractivity contribution >= 4 is 21.7 Å². The molecule has 4 rings (SSSR count). The quantitative estimate of drug-likeness (QED) is 0.375. The highest BCUT2D eigenvalue weighted by Crippen LogP contribution is 2.22. The molecule has 3 aromatic rings. The minimum Gasteiger partial charge on any atom is -0.497 e. The van der Waals surface area contributed by atoms with Gasteiger partial charge in [0.05, 0.1) is 24.2 Å². The fourth-order valence-corrected chi connectivity index (χ4v) is 5.86. The van der Waals surface area contributed by atoms with Crippen LogP contribution in [0.4, 0.5) is 10.2 Å². The molecular weight excluding hydrogens is 521 g/mol. The number of carbonyl (C=O) groups is 1. The molecule has 1 amide bonds. The molecule has 1 fully saturated rings. The fourth-order valence-electron chi connectivity index (χ4n) is 4.43. The molecule has 0 aliphatic carbocycles. The van der Waals surface area contributed by atoms with Gasteiger partial charge in [-0.3, -0.25) is 4.79 Å². The number of ether oxygens (including phenoxy) is 1. The van der Waals surface area contributed by atoms with Crippen molar-refractivity contribution in [3.05, 3.63) is 66.5 Å². The number of anilines is 1. The van der Waals surface area contributed by atoms with Crippen LogP contribution in [0.5, 0.6) is 5.75 Å². The molecule has 0 unspecified atom stereocenters. The van der Waals surface area contributed by atoms with Gasteiger partial charge < -0.3 is 14.5 Å². The molecular formula is C28H34FN5O4S. The third-order valence-electron chi connectivity index (χ3n) is 6.73. The van der Waals surface area contributed by atoms with Gasteiger partial charge in [0.15, 0.2) is 5.82 Å². The van der Waals surface area contributed by atoms with E-state index in [1.54, 1.807) is 29.2 Å². The Labute approximate surface area is 229 Å². The van der Waals surface area contributed by atoms with Crippen molar-refractivity contribution in [2.75, 3.05) is 51.3 Å². The van der Waals surface area contributed by atoms with Crippen LogP contribution >= 0.6 is 0 Å². The first kappa shape index (κ1) is 28.4. The van der Waals surface area contributed by atoms with Gasteiger partial charge in [-0.15, -0.1) is 10.2 Å². The predicted molar refractivity (Wildman–Crippen MR) is 147 cm³/mol. The zero-order valence-electron chi connectivity index (χ0n) is 22.3. The number of rotatable bonds is 10. The van der Waals surface area contributed by atoms with Gasteiger partial charge in [0.1, 0.15) is 11.6 Å². The van der Waals surface area contributed by atoms with Crippen molar-refractivity contribution in [1.82, 2.24) is 19.4 Å². The SMILES string of the molecule is CCCCN(CC(=O)N1CCCN(c2ccc(-c3ccc(F)cc3)nn2)CC1)S(=O)(=O)c1ccc(OC)cc1. The van der Waals surface area contributed by atoms with E-state index in [0.717, 1.165) is 12.0 Å². The number of carbonyl (C=O) groups excluding carboxylic acids is 1. The summed E-state index contributed by atoms with van der Waals surface area (Å²) in [7, 11) is -2.32. The third-order valence-corrected chi connectivity index (χ3v) is 8.59. The first-order valence-corrected chi connectivity index (χ1v) is 14.5. The Morgan fingerprint density at radius 2 is 1.72 bits per heavy atom. The summed E-state index contributed by atoms with van der Waals surface area (Å²) in [4.78, 5) is 17.2. The molecule has 11 heteroatoms. The minimum atomic E-state index is -3.84. The highest BCUT2D eigenvalue weighted by Gasteiger charge is 2.29. The topological polar surface area (TPSA) is 95.9 Å². The van der Waals surface area contributed by atoms with Crippen LogP contribution in [0, 0.1) is 5.82 Å². The van der Waals surface area contributed by atoms with E-state index in [2.05, 4.69) is 15.1 Å². The maximum atomic E-state index is 13.4. The van der Waals surface area contributed by atoms with Crippen molar-refractivity contribution in [3.63, 3.8) is 0 Å². The summed E-state index contributed by atoms with van der Waals surface area (Å²) < 4.78 is 46.4. The zero-order chi connectivity index (χ0) is 27.8. The molecule has 1 aliphatic rings. The average molecular weight is 556 g/mol. The lowest BCUT2D eigenvalue weighted by atomic mass is 10.1. The maximum absolute atomic E-state index is 13.4. The molecule has 0 bridgehead atoms. The minimum absolute atomic E-state index is 0.136. The van der Waals surface area contributed by atoms with E-state index in [4.69, 9.17) is 4.74 Å². The van der Waals surface area contributed by atoms with Crippen molar-refractivity contribution in [2.24, 2.45) is 0 Å². The van der Waals surface area contributed by atoms with Gasteiger partial charge in [0.2, 0.25) is 15.9 Å². The lowest BCUT2D eigenvalue weighted by molar-refractivity contribution is -0.131. The second-order valence-corrected chi connectivity index (χ2v) is 11.3. The Bertz CT molecular complexity index is 1340. The third kappa shape index (κ3) is 7.10. The van der Waals surface area contributed by atoms with Gasteiger partial charge in [-0.25, -0.2) is 12.8 Å². The molecule has 1 aromatic heterocycles. The van der Waals surface area contributed by atoms with Crippen LogP contribution in [0.3, 0.4) is 0 Å². The van der Waals surface area contributed by atoms with Crippen LogP contribution < -0.4 is 9.64 Å². The maximum Gasteiger partial charge on any atom is 0.243 e. The van der Waals surface area contributed by atoms with Crippen LogP contribution in [-0.2, 0) is 14.8 Å². The van der Waals surface area contributed by atoms with Crippen LogP contribution in [0.25, 0.3) is 11.3 Å². The summed E-state index contributed by atoms with van der Waals surface area (Å²) in [6.45, 7) is 4.27. The van der Waals surface area contributed by atoms with Crippen LogP contribution in [0.2, 0.25) is 0 Å². The Balaban J connectivity index is 1.40. The van der Waals surface area contributed by atoms with E-state index in [9.17, 15) is 17.6 Å². The molecule has 0 N–H and O–H groups in total. The van der Waals surface area contributed by atoms with Crippen molar-refractivity contribution in [2.45, 2.75) is 31.1 Å². The molecule has 0 radical (unpaired) electrons. The van der Waals surface area contributed by atoms with Crippen molar-refractivity contribution in [1.29, 1.82) is 0 Å². The number of unbranched alkanes of at least 4 members (excludes halogenated alkanes) is 1. The van der Waals surface area contributed by atoms with Crippen LogP contribution in [0.1, 0.15) is 26.2 Å². The number of halogens is 1. The molecule has 0 saturated carbocycles. The number of methoxy groups -OCH3 is 1. The van der Waals surface area contributed by atoms with E-state index in [-0.39, 0.29) is 29.7 Å². The highest BCUT2D eigenvalue weighted by molar-refractivity contribution is 7.89. The van der Waals surface area contributed by atoms with E-state index >= 15 is 0 Å². The summed E-state index contributed by atoms with van der Waals surface area (Å²) in [6.07, 6.45) is 2.18. The summed E-state index contributed by atoms with van der Waals surface area (Å²) >= 11 is 0. The molecule has 1 saturated heterocycles. The van der Waals surface area contributed by atoms with Gasteiger partial charge in [-0.05, 0) is 73.5 Å². The number of nitrogens with zero attached hydrogens (tertiary/aromatic N) is 5. The Morgan fingerprint density at radius 3 is 2.36 bits per heavy atom. The highest BCUT2D eigenvalue weighted by atomic mass is 32.2. The summed E-state index contributed by atoms with van der Waals surface area (Å²) in [5.41, 5.74) is 1.43.